The first kappa shape index (κ1) is 15.7. The summed E-state index contributed by atoms with van der Waals surface area (Å²) in [4.78, 5) is 21.0. The molecule has 0 aliphatic carbocycles. The van der Waals surface area contributed by atoms with E-state index in [1.807, 2.05) is 43.1 Å². The van der Waals surface area contributed by atoms with Gasteiger partial charge < -0.3 is 14.6 Å². The maximum Gasteiger partial charge on any atom is 0.256 e. The summed E-state index contributed by atoms with van der Waals surface area (Å²) in [7, 11) is 3.99. The zero-order valence-electron chi connectivity index (χ0n) is 13.5. The average Bonchev–Trinajstić information content (AvgIpc) is 3.00. The van der Waals surface area contributed by atoms with Gasteiger partial charge in [-0.2, -0.15) is 0 Å². The molecule has 2 aromatic rings. The van der Waals surface area contributed by atoms with Crippen molar-refractivity contribution < 1.29 is 9.90 Å². The highest BCUT2D eigenvalue weighted by Crippen LogP contribution is 2.25. The molecule has 122 valence electrons. The number of aryl methyl sites for hydroxylation is 1. The maximum absolute atomic E-state index is 12.6. The second kappa shape index (κ2) is 6.52. The Kier molecular flexibility index (Phi) is 4.45. The number of imidazole rings is 1. The third-order valence-electron chi connectivity index (χ3n) is 4.47. The summed E-state index contributed by atoms with van der Waals surface area (Å²) in [6.07, 6.45) is 2.56. The summed E-state index contributed by atoms with van der Waals surface area (Å²) < 4.78 is 1.97. The molecule has 1 aliphatic heterocycles. The Morgan fingerprint density at radius 2 is 2.00 bits per heavy atom. The number of rotatable bonds is 3. The van der Waals surface area contributed by atoms with E-state index in [0.717, 1.165) is 12.4 Å². The van der Waals surface area contributed by atoms with E-state index in [9.17, 15) is 9.90 Å². The number of aliphatic hydroxyl groups is 1. The molecule has 1 N–H and O–H groups in total. The van der Waals surface area contributed by atoms with Crippen LogP contribution < -0.4 is 0 Å². The van der Waals surface area contributed by atoms with Crippen molar-refractivity contribution in [2.75, 3.05) is 26.7 Å². The number of hydrogen-bond acceptors (Lipinski definition) is 4. The van der Waals surface area contributed by atoms with Crippen molar-refractivity contribution in [1.29, 1.82) is 0 Å². The Morgan fingerprint density at radius 1 is 1.26 bits per heavy atom. The van der Waals surface area contributed by atoms with Gasteiger partial charge in [0.15, 0.2) is 6.10 Å². The Hall–Kier alpha value is -2.18. The minimum absolute atomic E-state index is 0.0377. The number of aromatic nitrogens is 2. The van der Waals surface area contributed by atoms with Gasteiger partial charge in [0.1, 0.15) is 5.82 Å². The monoisotopic (exact) mass is 314 g/mol. The van der Waals surface area contributed by atoms with Crippen molar-refractivity contribution in [2.24, 2.45) is 7.05 Å². The molecule has 1 aromatic heterocycles. The number of carbonyl (C=O) groups excluding carboxylic acids is 1. The van der Waals surface area contributed by atoms with Crippen molar-refractivity contribution >= 4 is 5.91 Å². The molecule has 1 saturated heterocycles. The number of likely N-dealkylation sites (N-methyl/N-ethyl adjacent to an activating group) is 1. The van der Waals surface area contributed by atoms with Crippen LogP contribution in [0, 0.1) is 0 Å². The molecule has 0 saturated carbocycles. The minimum Gasteiger partial charge on any atom is -0.378 e. The van der Waals surface area contributed by atoms with Gasteiger partial charge in [-0.3, -0.25) is 9.69 Å². The van der Waals surface area contributed by atoms with Gasteiger partial charge in [-0.15, -0.1) is 0 Å². The number of carbonyl (C=O) groups is 1. The van der Waals surface area contributed by atoms with Crippen LogP contribution in [0.3, 0.4) is 0 Å². The molecule has 0 spiro atoms. The molecule has 3 rings (SSSR count). The molecule has 6 heteroatoms. The number of amides is 1. The van der Waals surface area contributed by atoms with Crippen molar-refractivity contribution in [3.63, 3.8) is 0 Å². The summed E-state index contributed by atoms with van der Waals surface area (Å²) in [6, 6.07) is 9.10. The molecule has 1 fully saturated rings. The van der Waals surface area contributed by atoms with Crippen LogP contribution in [0.15, 0.2) is 42.7 Å². The Balaban J connectivity index is 1.76. The highest BCUT2D eigenvalue weighted by atomic mass is 16.3. The number of aliphatic hydroxyl groups excluding tert-OH is 1. The number of piperazine rings is 1. The van der Waals surface area contributed by atoms with Crippen LogP contribution in [-0.2, 0) is 11.8 Å². The van der Waals surface area contributed by atoms with Gasteiger partial charge in [0.25, 0.3) is 5.91 Å². The average molecular weight is 314 g/mol. The molecule has 23 heavy (non-hydrogen) atoms. The van der Waals surface area contributed by atoms with Crippen LogP contribution in [0.4, 0.5) is 0 Å². The van der Waals surface area contributed by atoms with Gasteiger partial charge in [-0.25, -0.2) is 4.98 Å². The molecule has 1 unspecified atom stereocenters. The molecular formula is C17H22N4O2. The van der Waals surface area contributed by atoms with Gasteiger partial charge in [-0.05, 0) is 12.6 Å². The Labute approximate surface area is 136 Å². The van der Waals surface area contributed by atoms with Crippen LogP contribution in [0.25, 0.3) is 0 Å². The fraction of sp³-hybridized carbons (Fsp3) is 0.412. The lowest BCUT2D eigenvalue weighted by Crippen LogP contribution is -2.50. The first-order chi connectivity index (χ1) is 11.1. The summed E-state index contributed by atoms with van der Waals surface area (Å²) >= 11 is 0. The molecule has 0 radical (unpaired) electrons. The van der Waals surface area contributed by atoms with Gasteiger partial charge in [0, 0.05) is 39.1 Å². The number of nitrogens with zero attached hydrogens (tertiary/aromatic N) is 4. The van der Waals surface area contributed by atoms with Crippen LogP contribution in [0.1, 0.15) is 23.5 Å². The molecule has 1 aromatic carbocycles. The number of benzene rings is 1. The smallest absolute Gasteiger partial charge is 0.256 e. The highest BCUT2D eigenvalue weighted by Gasteiger charge is 2.33. The largest absolute Gasteiger partial charge is 0.378 e. The summed E-state index contributed by atoms with van der Waals surface area (Å²) in [6.45, 7) is 1.90. The minimum atomic E-state index is -1.11. The van der Waals surface area contributed by atoms with Crippen molar-refractivity contribution in [3.8, 4) is 0 Å². The molecular weight excluding hydrogens is 292 g/mol. The van der Waals surface area contributed by atoms with E-state index in [0.29, 0.717) is 18.7 Å². The van der Waals surface area contributed by atoms with Crippen LogP contribution in [-0.4, -0.2) is 57.0 Å². The van der Waals surface area contributed by atoms with Crippen molar-refractivity contribution in [3.05, 3.63) is 54.1 Å². The standard InChI is InChI=1S/C17H22N4O2/c1-19-10-11-21(12-14(19)16-18-8-9-20(16)2)17(23)15(22)13-6-4-3-5-7-13/h3-9,14-15,22H,10-12H2,1-2H3/t14?,15-/m0/s1. The van der Waals surface area contributed by atoms with E-state index < -0.39 is 6.10 Å². The van der Waals surface area contributed by atoms with Crippen LogP contribution in [0.2, 0.25) is 0 Å². The van der Waals surface area contributed by atoms with Gasteiger partial charge in [-0.1, -0.05) is 30.3 Å². The normalized spacial score (nSPS) is 20.5. The van der Waals surface area contributed by atoms with Gasteiger partial charge >= 0.3 is 0 Å². The third kappa shape index (κ3) is 3.13. The molecule has 2 atom stereocenters. The Bertz CT molecular complexity index is 670. The SMILES string of the molecule is CN1CCN(C(=O)[C@@H](O)c2ccccc2)CC1c1nccn1C. The van der Waals surface area contributed by atoms with E-state index in [4.69, 9.17) is 0 Å². The fourth-order valence-electron chi connectivity index (χ4n) is 3.00. The Morgan fingerprint density at radius 3 is 2.65 bits per heavy atom. The van der Waals surface area contributed by atoms with Gasteiger partial charge in [0.05, 0.1) is 6.04 Å². The molecule has 6 nitrogen and oxygen atoms in total. The zero-order chi connectivity index (χ0) is 16.4. The van der Waals surface area contributed by atoms with E-state index in [1.165, 1.54) is 0 Å². The highest BCUT2D eigenvalue weighted by molar-refractivity contribution is 5.82. The predicted octanol–water partition coefficient (Wildman–Crippen LogP) is 0.969. The molecule has 1 aliphatic rings. The van der Waals surface area contributed by atoms with Crippen molar-refractivity contribution in [1.82, 2.24) is 19.4 Å². The van der Waals surface area contributed by atoms with E-state index in [-0.39, 0.29) is 11.9 Å². The first-order valence-corrected chi connectivity index (χ1v) is 7.77. The fourth-order valence-corrected chi connectivity index (χ4v) is 3.00. The lowest BCUT2D eigenvalue weighted by molar-refractivity contribution is -0.143. The summed E-state index contributed by atoms with van der Waals surface area (Å²) in [5, 5.41) is 10.4. The second-order valence-electron chi connectivity index (χ2n) is 5.99. The maximum atomic E-state index is 12.6. The van der Waals surface area contributed by atoms with E-state index in [2.05, 4.69) is 9.88 Å². The van der Waals surface area contributed by atoms with Crippen LogP contribution >= 0.6 is 0 Å². The third-order valence-corrected chi connectivity index (χ3v) is 4.47. The zero-order valence-corrected chi connectivity index (χ0v) is 13.5. The molecule has 1 amide bonds. The quantitative estimate of drug-likeness (QED) is 0.917. The first-order valence-electron chi connectivity index (χ1n) is 7.77. The lowest BCUT2D eigenvalue weighted by Gasteiger charge is -2.39. The van der Waals surface area contributed by atoms with Crippen molar-refractivity contribution in [2.45, 2.75) is 12.1 Å². The van der Waals surface area contributed by atoms with Gasteiger partial charge in [0.2, 0.25) is 0 Å². The molecule has 2 heterocycles. The topological polar surface area (TPSA) is 61.6 Å². The molecule has 0 bridgehead atoms. The summed E-state index contributed by atoms with van der Waals surface area (Å²) in [5.41, 5.74) is 0.630. The predicted molar refractivity (Wildman–Crippen MR) is 86.6 cm³/mol. The van der Waals surface area contributed by atoms with Crippen LogP contribution in [0.5, 0.6) is 0 Å². The van der Waals surface area contributed by atoms with E-state index >= 15 is 0 Å². The second-order valence-corrected chi connectivity index (χ2v) is 5.99. The summed E-state index contributed by atoms with van der Waals surface area (Å²) in [5.74, 6) is 0.683. The van der Waals surface area contributed by atoms with E-state index in [1.54, 1.807) is 23.2 Å². The lowest BCUT2D eigenvalue weighted by atomic mass is 10.1. The number of hydrogen-bond donors (Lipinski definition) is 1.